The lowest BCUT2D eigenvalue weighted by molar-refractivity contribution is 0.0686. The van der Waals surface area contributed by atoms with E-state index in [0.29, 0.717) is 0 Å². The first-order chi connectivity index (χ1) is 17.0. The highest BCUT2D eigenvalue weighted by atomic mass is 35.5. The molecule has 0 spiro atoms. The molecule has 0 aliphatic carbocycles. The molecule has 0 bridgehead atoms. The summed E-state index contributed by atoms with van der Waals surface area (Å²) >= 11 is 12.8. The molecule has 0 saturated heterocycles. The van der Waals surface area contributed by atoms with Crippen LogP contribution >= 0.6 is 23.2 Å². The van der Waals surface area contributed by atoms with Crippen LogP contribution in [0.15, 0.2) is 67.7 Å². The zero-order chi connectivity index (χ0) is 26.0. The third-order valence-electron chi connectivity index (χ3n) is 5.79. The van der Waals surface area contributed by atoms with Gasteiger partial charge in [-0.05, 0) is 48.5 Å². The van der Waals surface area contributed by atoms with Crippen LogP contribution < -0.4 is 22.2 Å². The van der Waals surface area contributed by atoms with Crippen LogP contribution in [0.3, 0.4) is 0 Å². The number of benzene rings is 3. The molecule has 5 aromatic rings. The Bertz CT molecular complexity index is 1750. The van der Waals surface area contributed by atoms with Crippen molar-refractivity contribution in [3.63, 3.8) is 0 Å². The average molecular weight is 525 g/mol. The van der Waals surface area contributed by atoms with E-state index in [1.807, 2.05) is 0 Å². The summed E-state index contributed by atoms with van der Waals surface area (Å²) in [6.45, 7) is 0. The third kappa shape index (κ3) is 3.12. The van der Waals surface area contributed by atoms with E-state index in [1.165, 1.54) is 48.5 Å². The molecule has 0 atom stereocenters. The second kappa shape index (κ2) is 8.01. The van der Waals surface area contributed by atoms with Crippen molar-refractivity contribution in [3.8, 4) is 11.4 Å². The molecule has 0 radical (unpaired) electrons. The summed E-state index contributed by atoms with van der Waals surface area (Å²) in [7, 11) is 0. The number of aromatic carboxylic acids is 2. The molecule has 0 saturated carbocycles. The summed E-state index contributed by atoms with van der Waals surface area (Å²) in [5.74, 6) is -2.41. The molecular weight excluding hydrogens is 515 g/mol. The van der Waals surface area contributed by atoms with Gasteiger partial charge in [0.2, 0.25) is 0 Å². The lowest BCUT2D eigenvalue weighted by Crippen LogP contribution is -2.24. The lowest BCUT2D eigenvalue weighted by atomic mass is 10.1. The first-order valence-corrected chi connectivity index (χ1v) is 10.8. The van der Waals surface area contributed by atoms with Crippen LogP contribution in [0.1, 0.15) is 20.7 Å². The van der Waals surface area contributed by atoms with Crippen molar-refractivity contribution in [1.82, 2.24) is 9.13 Å². The minimum atomic E-state index is -1.20. The molecule has 0 aliphatic heterocycles. The second-order valence-electron chi connectivity index (χ2n) is 7.72. The van der Waals surface area contributed by atoms with E-state index in [0.717, 1.165) is 9.13 Å². The van der Waals surface area contributed by atoms with E-state index >= 15 is 0 Å². The maximum absolute atomic E-state index is 13.2. The van der Waals surface area contributed by atoms with Gasteiger partial charge in [-0.15, -0.1) is 0 Å². The van der Waals surface area contributed by atoms with Crippen molar-refractivity contribution in [2.24, 2.45) is 0 Å². The van der Waals surface area contributed by atoms with Crippen LogP contribution in [0.2, 0.25) is 10.0 Å². The Morgan fingerprint density at radius 3 is 1.00 bits per heavy atom. The van der Waals surface area contributed by atoms with Gasteiger partial charge in [-0.1, -0.05) is 23.2 Å². The molecule has 0 fully saturated rings. The maximum Gasteiger partial charge on any atom is 0.335 e. The molecule has 178 valence electrons. The number of carboxylic acids is 2. The summed E-state index contributed by atoms with van der Waals surface area (Å²) in [5.41, 5.74) is -3.69. The molecule has 2 heterocycles. The number of hydrogen-bond acceptors (Lipinski definition) is 6. The topological polar surface area (TPSA) is 153 Å². The molecule has 2 N–H and O–H groups in total. The standard InChI is InChI=1S/C24H10Cl2N2O8/c25-17-13-14(20(30)27(19(13)29)11-5-1-9(2-6-11)23(33)34)18(26)16-15(17)21(31)28(22(16)32)12-7-3-10(4-8-12)24(35)36/h1-8H,(H,33,34)(H,35,36). The molecular formula is C24H10Cl2N2O8. The smallest absolute Gasteiger partial charge is 0.335 e. The number of aromatic nitrogens is 2. The van der Waals surface area contributed by atoms with E-state index in [-0.39, 0.29) is 44.0 Å². The molecule has 10 nitrogen and oxygen atoms in total. The minimum absolute atomic E-state index is 0.0382. The third-order valence-corrected chi connectivity index (χ3v) is 6.55. The van der Waals surface area contributed by atoms with Crippen LogP contribution in [0.4, 0.5) is 0 Å². The fraction of sp³-hybridized carbons (Fsp3) is 0. The van der Waals surface area contributed by atoms with Gasteiger partial charge >= 0.3 is 11.9 Å². The summed E-state index contributed by atoms with van der Waals surface area (Å²) in [6, 6.07) is 9.80. The molecule has 2 aromatic heterocycles. The van der Waals surface area contributed by atoms with E-state index in [1.54, 1.807) is 0 Å². The highest BCUT2D eigenvalue weighted by molar-refractivity contribution is 6.47. The molecule has 0 unspecified atom stereocenters. The van der Waals surface area contributed by atoms with Gasteiger partial charge in [0.15, 0.2) is 0 Å². The summed E-state index contributed by atoms with van der Waals surface area (Å²) in [4.78, 5) is 75.1. The van der Waals surface area contributed by atoms with Crippen LogP contribution in [-0.4, -0.2) is 31.3 Å². The highest BCUT2D eigenvalue weighted by Gasteiger charge is 2.28. The Kier molecular flexibility index (Phi) is 5.16. The normalized spacial score (nSPS) is 11.4. The fourth-order valence-corrected chi connectivity index (χ4v) is 4.80. The van der Waals surface area contributed by atoms with E-state index in [4.69, 9.17) is 33.4 Å². The number of rotatable bonds is 4. The van der Waals surface area contributed by atoms with Gasteiger partial charge in [-0.25, -0.2) is 18.7 Å². The molecule has 36 heavy (non-hydrogen) atoms. The fourth-order valence-electron chi connectivity index (χ4n) is 4.10. The van der Waals surface area contributed by atoms with E-state index in [9.17, 15) is 28.8 Å². The summed E-state index contributed by atoms with van der Waals surface area (Å²) < 4.78 is 1.45. The summed E-state index contributed by atoms with van der Waals surface area (Å²) in [5, 5.41) is 15.8. The minimum Gasteiger partial charge on any atom is -0.478 e. The van der Waals surface area contributed by atoms with Crippen molar-refractivity contribution in [2.45, 2.75) is 0 Å². The summed E-state index contributed by atoms with van der Waals surface area (Å²) in [6.07, 6.45) is 0. The molecule has 0 amide bonds. The number of halogens is 2. The van der Waals surface area contributed by atoms with Crippen molar-refractivity contribution in [1.29, 1.82) is 0 Å². The van der Waals surface area contributed by atoms with Crippen LogP contribution in [0.25, 0.3) is 32.9 Å². The second-order valence-corrected chi connectivity index (χ2v) is 8.48. The van der Waals surface area contributed by atoms with Crippen molar-refractivity contribution >= 4 is 56.7 Å². The highest BCUT2D eigenvalue weighted by Crippen LogP contribution is 2.34. The van der Waals surface area contributed by atoms with Crippen molar-refractivity contribution < 1.29 is 19.8 Å². The van der Waals surface area contributed by atoms with Crippen LogP contribution in [-0.2, 0) is 0 Å². The van der Waals surface area contributed by atoms with Gasteiger partial charge in [0, 0.05) is 0 Å². The maximum atomic E-state index is 13.2. The Balaban J connectivity index is 1.84. The monoisotopic (exact) mass is 524 g/mol. The lowest BCUT2D eigenvalue weighted by Gasteiger charge is -2.01. The van der Waals surface area contributed by atoms with Crippen molar-refractivity contribution in [3.05, 3.63) is 111 Å². The zero-order valence-electron chi connectivity index (χ0n) is 17.6. The first kappa shape index (κ1) is 23.2. The van der Waals surface area contributed by atoms with Gasteiger partial charge < -0.3 is 10.2 Å². The van der Waals surface area contributed by atoms with Crippen LogP contribution in [0.5, 0.6) is 0 Å². The Hall–Kier alpha value is -4.54. The molecule has 3 aromatic carbocycles. The molecule has 0 aliphatic rings. The molecule has 12 heteroatoms. The van der Waals surface area contributed by atoms with Gasteiger partial charge in [0.05, 0.1) is 54.1 Å². The van der Waals surface area contributed by atoms with Crippen LogP contribution in [0, 0.1) is 0 Å². The number of carboxylic acid groups (broad SMARTS) is 2. The van der Waals surface area contributed by atoms with Gasteiger partial charge in [0.1, 0.15) is 0 Å². The van der Waals surface area contributed by atoms with Gasteiger partial charge in [-0.3, -0.25) is 19.2 Å². The largest absolute Gasteiger partial charge is 0.478 e. The predicted octanol–water partition coefficient (Wildman–Crippen LogP) is 2.59. The van der Waals surface area contributed by atoms with Gasteiger partial charge in [0.25, 0.3) is 22.2 Å². The predicted molar refractivity (Wildman–Crippen MR) is 131 cm³/mol. The Labute approximate surface area is 208 Å². The number of hydrogen-bond donors (Lipinski definition) is 2. The Morgan fingerprint density at radius 1 is 0.528 bits per heavy atom. The first-order valence-electron chi connectivity index (χ1n) is 10.0. The number of nitrogens with zero attached hydrogens (tertiary/aromatic N) is 2. The molecule has 5 rings (SSSR count). The SMILES string of the molecule is O=C(O)c1ccc(-n2c(=O)c3c(Cl)c4c(=O)n(-c5ccc(C(=O)O)cc5)c(=O)c4c(Cl)c3c2=O)cc1. The average Bonchev–Trinajstić information content (AvgIpc) is 3.27. The quantitative estimate of drug-likeness (QED) is 0.363. The Morgan fingerprint density at radius 2 is 0.778 bits per heavy atom. The zero-order valence-corrected chi connectivity index (χ0v) is 19.1. The van der Waals surface area contributed by atoms with E-state index < -0.39 is 44.2 Å². The van der Waals surface area contributed by atoms with E-state index in [2.05, 4.69) is 0 Å². The van der Waals surface area contributed by atoms with Crippen molar-refractivity contribution in [2.75, 3.05) is 0 Å². The number of fused-ring (bicyclic) bond motifs is 2. The van der Waals surface area contributed by atoms with Gasteiger partial charge in [-0.2, -0.15) is 0 Å². The number of carbonyl (C=O) groups is 2.